The third-order valence-electron chi connectivity index (χ3n) is 3.42. The summed E-state index contributed by atoms with van der Waals surface area (Å²) in [5.74, 6) is 0.400. The number of ether oxygens (including phenoxy) is 1. The number of benzene rings is 1. The molecule has 0 atom stereocenters. The lowest BCUT2D eigenvalue weighted by molar-refractivity contribution is -0.0340. The maximum atomic E-state index is 12.9. The Bertz CT molecular complexity index is 384. The third kappa shape index (κ3) is 3.19. The predicted octanol–water partition coefficient (Wildman–Crippen LogP) is 3.21. The van der Waals surface area contributed by atoms with E-state index < -0.39 is 5.60 Å². The molecule has 0 radical (unpaired) electrons. The summed E-state index contributed by atoms with van der Waals surface area (Å²) >= 11 is 0. The van der Waals surface area contributed by atoms with Gasteiger partial charge in [0.1, 0.15) is 18.2 Å². The molecule has 0 amide bonds. The fourth-order valence-corrected chi connectivity index (χ4v) is 2.34. The maximum absolute atomic E-state index is 12.9. The second-order valence-corrected chi connectivity index (χ2v) is 4.98. The molecule has 0 heterocycles. The number of halogens is 1. The summed E-state index contributed by atoms with van der Waals surface area (Å²) in [6.07, 6.45) is 4.91. The molecule has 0 unspecified atom stereocenters. The van der Waals surface area contributed by atoms with E-state index in [-0.39, 0.29) is 5.82 Å². The molecule has 94 valence electrons. The van der Waals surface area contributed by atoms with E-state index in [0.29, 0.717) is 12.4 Å². The summed E-state index contributed by atoms with van der Waals surface area (Å²) in [6, 6.07) is 4.45. The van der Waals surface area contributed by atoms with E-state index in [2.05, 4.69) is 0 Å². The minimum Gasteiger partial charge on any atom is -0.490 e. The van der Waals surface area contributed by atoms with E-state index in [0.717, 1.165) is 31.2 Å². The first kappa shape index (κ1) is 12.4. The van der Waals surface area contributed by atoms with Crippen molar-refractivity contribution in [3.63, 3.8) is 0 Å². The molecule has 0 aromatic heterocycles. The van der Waals surface area contributed by atoms with Crippen LogP contribution in [0.25, 0.3) is 0 Å². The Labute approximate surface area is 101 Å². The van der Waals surface area contributed by atoms with Crippen molar-refractivity contribution in [2.24, 2.45) is 0 Å². The van der Waals surface area contributed by atoms with Crippen LogP contribution in [0.2, 0.25) is 0 Å². The Hall–Kier alpha value is -1.09. The second-order valence-electron chi connectivity index (χ2n) is 4.98. The Morgan fingerprint density at radius 3 is 2.65 bits per heavy atom. The van der Waals surface area contributed by atoms with Gasteiger partial charge in [0.05, 0.1) is 5.60 Å². The van der Waals surface area contributed by atoms with E-state index in [1.165, 1.54) is 18.6 Å². The van der Waals surface area contributed by atoms with Crippen LogP contribution in [-0.4, -0.2) is 17.3 Å². The average molecular weight is 238 g/mol. The van der Waals surface area contributed by atoms with E-state index in [1.54, 1.807) is 6.07 Å². The molecule has 1 aromatic rings. The van der Waals surface area contributed by atoms with Crippen molar-refractivity contribution in [1.29, 1.82) is 0 Å². The van der Waals surface area contributed by atoms with Gasteiger partial charge in [-0.2, -0.15) is 0 Å². The van der Waals surface area contributed by atoms with Crippen LogP contribution >= 0.6 is 0 Å². The molecular formula is C14H19FO2. The van der Waals surface area contributed by atoms with Crippen molar-refractivity contribution in [3.8, 4) is 5.75 Å². The molecule has 2 nitrogen and oxygen atoms in total. The van der Waals surface area contributed by atoms with Crippen molar-refractivity contribution < 1.29 is 14.2 Å². The summed E-state index contributed by atoms with van der Waals surface area (Å²) in [5, 5.41) is 10.3. The number of hydrogen-bond acceptors (Lipinski definition) is 2. The first-order valence-corrected chi connectivity index (χ1v) is 6.20. The standard InChI is InChI=1S/C14H19FO2/c1-11-9-12(15)5-6-13(11)17-10-14(16)7-3-2-4-8-14/h5-6,9,16H,2-4,7-8,10H2,1H3. The number of aryl methyl sites for hydroxylation is 1. The summed E-state index contributed by atoms with van der Waals surface area (Å²) < 4.78 is 18.5. The Morgan fingerprint density at radius 2 is 2.00 bits per heavy atom. The van der Waals surface area contributed by atoms with Crippen LogP contribution in [0, 0.1) is 12.7 Å². The average Bonchev–Trinajstić information content (AvgIpc) is 2.29. The second kappa shape index (κ2) is 5.05. The highest BCUT2D eigenvalue weighted by atomic mass is 19.1. The van der Waals surface area contributed by atoms with Gasteiger partial charge in [0.15, 0.2) is 0 Å². The molecular weight excluding hydrogens is 219 g/mol. The highest BCUT2D eigenvalue weighted by Crippen LogP contribution is 2.29. The van der Waals surface area contributed by atoms with E-state index >= 15 is 0 Å². The topological polar surface area (TPSA) is 29.5 Å². The van der Waals surface area contributed by atoms with Gasteiger partial charge in [-0.1, -0.05) is 19.3 Å². The van der Waals surface area contributed by atoms with Gasteiger partial charge in [0.25, 0.3) is 0 Å². The SMILES string of the molecule is Cc1cc(F)ccc1OCC1(O)CCCCC1. The summed E-state index contributed by atoms with van der Waals surface area (Å²) in [6.45, 7) is 2.11. The lowest BCUT2D eigenvalue weighted by Crippen LogP contribution is -2.38. The fraction of sp³-hybridized carbons (Fsp3) is 0.571. The van der Waals surface area contributed by atoms with Crippen LogP contribution in [0.1, 0.15) is 37.7 Å². The van der Waals surface area contributed by atoms with E-state index in [4.69, 9.17) is 4.74 Å². The van der Waals surface area contributed by atoms with Gasteiger partial charge < -0.3 is 9.84 Å². The quantitative estimate of drug-likeness (QED) is 0.876. The van der Waals surface area contributed by atoms with Gasteiger partial charge in [0.2, 0.25) is 0 Å². The molecule has 0 bridgehead atoms. The van der Waals surface area contributed by atoms with Gasteiger partial charge in [-0.15, -0.1) is 0 Å². The number of aliphatic hydroxyl groups is 1. The largest absolute Gasteiger partial charge is 0.490 e. The molecule has 1 saturated carbocycles. The monoisotopic (exact) mass is 238 g/mol. The zero-order chi connectivity index (χ0) is 12.3. The molecule has 1 N–H and O–H groups in total. The molecule has 2 rings (SSSR count). The predicted molar refractivity (Wildman–Crippen MR) is 64.7 cm³/mol. The van der Waals surface area contributed by atoms with Crippen LogP contribution in [-0.2, 0) is 0 Å². The zero-order valence-corrected chi connectivity index (χ0v) is 10.2. The van der Waals surface area contributed by atoms with Crippen molar-refractivity contribution in [1.82, 2.24) is 0 Å². The van der Waals surface area contributed by atoms with Crippen LogP contribution < -0.4 is 4.74 Å². The molecule has 1 fully saturated rings. The van der Waals surface area contributed by atoms with Crippen LogP contribution in [0.4, 0.5) is 4.39 Å². The normalized spacial score (nSPS) is 19.0. The molecule has 17 heavy (non-hydrogen) atoms. The number of rotatable bonds is 3. The van der Waals surface area contributed by atoms with E-state index in [9.17, 15) is 9.50 Å². The molecule has 0 aliphatic heterocycles. The summed E-state index contributed by atoms with van der Waals surface area (Å²) in [4.78, 5) is 0. The smallest absolute Gasteiger partial charge is 0.123 e. The first-order chi connectivity index (χ1) is 8.09. The first-order valence-electron chi connectivity index (χ1n) is 6.20. The van der Waals surface area contributed by atoms with Crippen LogP contribution in [0.15, 0.2) is 18.2 Å². The van der Waals surface area contributed by atoms with Crippen molar-refractivity contribution in [2.45, 2.75) is 44.6 Å². The molecule has 1 aliphatic carbocycles. The Kier molecular flexibility index (Phi) is 3.67. The summed E-state index contributed by atoms with van der Waals surface area (Å²) in [5.41, 5.74) is 0.0726. The molecule has 1 aromatic carbocycles. The fourth-order valence-electron chi connectivity index (χ4n) is 2.34. The van der Waals surface area contributed by atoms with Crippen molar-refractivity contribution in [3.05, 3.63) is 29.6 Å². The number of hydrogen-bond donors (Lipinski definition) is 1. The lowest BCUT2D eigenvalue weighted by atomic mass is 9.85. The van der Waals surface area contributed by atoms with Gasteiger partial charge in [-0.25, -0.2) is 4.39 Å². The Balaban J connectivity index is 1.97. The van der Waals surface area contributed by atoms with Crippen molar-refractivity contribution >= 4 is 0 Å². The van der Waals surface area contributed by atoms with Gasteiger partial charge >= 0.3 is 0 Å². The van der Waals surface area contributed by atoms with Gasteiger partial charge in [-0.3, -0.25) is 0 Å². The minimum absolute atomic E-state index is 0.258. The molecule has 1 aliphatic rings. The molecule has 0 spiro atoms. The third-order valence-corrected chi connectivity index (χ3v) is 3.42. The Morgan fingerprint density at radius 1 is 1.29 bits per heavy atom. The van der Waals surface area contributed by atoms with Crippen molar-refractivity contribution in [2.75, 3.05) is 6.61 Å². The van der Waals surface area contributed by atoms with Gasteiger partial charge in [0, 0.05) is 0 Å². The van der Waals surface area contributed by atoms with Crippen LogP contribution in [0.5, 0.6) is 5.75 Å². The molecule has 3 heteroatoms. The lowest BCUT2D eigenvalue weighted by Gasteiger charge is -2.31. The van der Waals surface area contributed by atoms with Crippen LogP contribution in [0.3, 0.4) is 0 Å². The highest BCUT2D eigenvalue weighted by Gasteiger charge is 2.30. The van der Waals surface area contributed by atoms with Gasteiger partial charge in [-0.05, 0) is 43.5 Å². The van der Waals surface area contributed by atoms with E-state index in [1.807, 2.05) is 6.92 Å². The maximum Gasteiger partial charge on any atom is 0.123 e. The minimum atomic E-state index is -0.695. The molecule has 0 saturated heterocycles. The highest BCUT2D eigenvalue weighted by molar-refractivity contribution is 5.32. The summed E-state index contributed by atoms with van der Waals surface area (Å²) in [7, 11) is 0. The zero-order valence-electron chi connectivity index (χ0n) is 10.2.